The van der Waals surface area contributed by atoms with Gasteiger partial charge in [0.2, 0.25) is 0 Å². The zero-order chi connectivity index (χ0) is 10.2. The molecule has 0 spiro atoms. The van der Waals surface area contributed by atoms with Crippen LogP contribution in [-0.2, 0) is 0 Å². The van der Waals surface area contributed by atoms with E-state index in [1.54, 1.807) is 0 Å². The van der Waals surface area contributed by atoms with E-state index < -0.39 is 13.2 Å². The maximum absolute atomic E-state index is 10.6. The Labute approximate surface area is 126 Å². The molecule has 1 aromatic carbocycles. The molecule has 1 aromatic rings. The van der Waals surface area contributed by atoms with Crippen molar-refractivity contribution in [3.8, 4) is 0 Å². The van der Waals surface area contributed by atoms with Crippen LogP contribution in [0.4, 0.5) is 0 Å². The summed E-state index contributed by atoms with van der Waals surface area (Å²) in [6.07, 6.45) is 0. The minimum absolute atomic E-state index is 0. The molecule has 0 radical (unpaired) electrons. The molecule has 0 unspecified atom stereocenters. The summed E-state index contributed by atoms with van der Waals surface area (Å²) in [6.45, 7) is 0. The average Bonchev–Trinajstić information content (AvgIpc) is 1.94. The Morgan fingerprint density at radius 1 is 1.00 bits per heavy atom. The molecule has 0 aliphatic carbocycles. The summed E-state index contributed by atoms with van der Waals surface area (Å²) in [7, 11) is -4.91. The van der Waals surface area contributed by atoms with Crippen LogP contribution in [0.5, 0.6) is 0 Å². The van der Waals surface area contributed by atoms with Crippen molar-refractivity contribution in [1.82, 2.24) is 0 Å². The topological polar surface area (TPSA) is 69.2 Å². The van der Waals surface area contributed by atoms with Gasteiger partial charge in [-0.1, -0.05) is 34.8 Å². The van der Waals surface area contributed by atoms with E-state index in [1.165, 1.54) is 6.07 Å². The van der Waals surface area contributed by atoms with Gasteiger partial charge in [0.05, 0.1) is 10.3 Å². The molecule has 0 aliphatic heterocycles. The Bertz CT molecular complexity index is 342. The van der Waals surface area contributed by atoms with Crippen LogP contribution in [0.2, 0.25) is 15.1 Å². The molecular formula is C6H2CaCl3O3P. The van der Waals surface area contributed by atoms with E-state index in [9.17, 15) is 14.7 Å². The van der Waals surface area contributed by atoms with E-state index in [2.05, 4.69) is 0 Å². The number of benzene rings is 1. The van der Waals surface area contributed by atoms with Gasteiger partial charge >= 0.3 is 37.7 Å². The molecule has 0 amide bonds. The van der Waals surface area contributed by atoms with Gasteiger partial charge in [0.25, 0.3) is 0 Å². The summed E-state index contributed by atoms with van der Waals surface area (Å²) >= 11 is 16.5. The number of hydrogen-bond donors (Lipinski definition) is 0. The standard InChI is InChI=1S/C6H4Cl3O3P.Ca/c7-3-1-4(8)6(9)5(2-3)13(10,11)12;/h1-2H,(H2,10,11,12);/q;+2/p-2. The SMILES string of the molecule is [Ca+2].[O-][P+]([O-])([O-])c1cc(Cl)cc(Cl)c1Cl. The van der Waals surface area contributed by atoms with Crippen molar-refractivity contribution in [2.24, 2.45) is 0 Å². The Balaban J connectivity index is 0.00000169. The molecule has 0 saturated carbocycles. The summed E-state index contributed by atoms with van der Waals surface area (Å²) in [6, 6.07) is 2.22. The first-order chi connectivity index (χ1) is 5.82. The second-order valence-electron chi connectivity index (χ2n) is 2.22. The van der Waals surface area contributed by atoms with Gasteiger partial charge in [-0.2, -0.15) is 0 Å². The van der Waals surface area contributed by atoms with Crippen molar-refractivity contribution in [2.45, 2.75) is 0 Å². The first-order valence-electron chi connectivity index (χ1n) is 2.99. The van der Waals surface area contributed by atoms with Gasteiger partial charge in [-0.3, -0.25) is 0 Å². The maximum Gasteiger partial charge on any atom is 2.00 e. The minimum Gasteiger partial charge on any atom is -0.683 e. The summed E-state index contributed by atoms with van der Waals surface area (Å²) in [5.74, 6) is 0. The second kappa shape index (κ2) is 5.83. The normalized spacial score (nSPS) is 11.0. The molecular weight excluding hydrogens is 297 g/mol. The van der Waals surface area contributed by atoms with Gasteiger partial charge in [0, 0.05) is 5.02 Å². The third kappa shape index (κ3) is 3.91. The molecule has 0 aromatic heterocycles. The van der Waals surface area contributed by atoms with E-state index in [1.807, 2.05) is 0 Å². The molecule has 0 N–H and O–H groups in total. The van der Waals surface area contributed by atoms with Gasteiger partial charge in [-0.05, 0) is 12.1 Å². The Kier molecular flexibility index (Phi) is 6.52. The number of hydrogen-bond acceptors (Lipinski definition) is 3. The fraction of sp³-hybridized carbons (Fsp3) is 0. The van der Waals surface area contributed by atoms with Crippen LogP contribution in [-0.4, -0.2) is 37.7 Å². The van der Waals surface area contributed by atoms with Gasteiger partial charge in [0.15, 0.2) is 0 Å². The Hall–Kier alpha value is 1.66. The van der Waals surface area contributed by atoms with Crippen LogP contribution in [0.1, 0.15) is 0 Å². The Morgan fingerprint density at radius 2 is 1.50 bits per heavy atom. The van der Waals surface area contributed by atoms with E-state index in [-0.39, 0.29) is 52.8 Å². The molecule has 0 aliphatic rings. The largest absolute Gasteiger partial charge is 2.00 e. The van der Waals surface area contributed by atoms with Crippen molar-refractivity contribution in [3.63, 3.8) is 0 Å². The third-order valence-corrected chi connectivity index (χ3v) is 3.36. The monoisotopic (exact) mass is 298 g/mol. The van der Waals surface area contributed by atoms with Crippen molar-refractivity contribution < 1.29 is 14.7 Å². The van der Waals surface area contributed by atoms with Crippen LogP contribution in [0, 0.1) is 0 Å². The third-order valence-electron chi connectivity index (χ3n) is 1.27. The zero-order valence-corrected chi connectivity index (χ0v) is 12.0. The van der Waals surface area contributed by atoms with Gasteiger partial charge in [0.1, 0.15) is 5.02 Å². The van der Waals surface area contributed by atoms with Gasteiger partial charge < -0.3 is 14.7 Å². The fourth-order valence-corrected chi connectivity index (χ4v) is 2.45. The smallest absolute Gasteiger partial charge is 0.683 e. The van der Waals surface area contributed by atoms with Crippen LogP contribution in [0.15, 0.2) is 12.1 Å². The molecule has 3 nitrogen and oxygen atoms in total. The van der Waals surface area contributed by atoms with Crippen molar-refractivity contribution >= 4 is 85.8 Å². The fourth-order valence-electron chi connectivity index (χ4n) is 0.742. The quantitative estimate of drug-likeness (QED) is 0.407. The number of halogens is 3. The average molecular weight is 299 g/mol. The first-order valence-corrected chi connectivity index (χ1v) is 5.67. The molecule has 0 fully saturated rings. The van der Waals surface area contributed by atoms with E-state index >= 15 is 0 Å². The summed E-state index contributed by atoms with van der Waals surface area (Å²) in [5, 5.41) is -0.876. The molecule has 0 saturated heterocycles. The maximum atomic E-state index is 10.6. The first kappa shape index (κ1) is 15.7. The summed E-state index contributed by atoms with van der Waals surface area (Å²) in [5.41, 5.74) is 0. The zero-order valence-electron chi connectivity index (χ0n) is 6.67. The predicted octanol–water partition coefficient (Wildman–Crippen LogP) is -0.265. The molecule has 0 atom stereocenters. The second-order valence-corrected chi connectivity index (χ2v) is 4.92. The molecule has 14 heavy (non-hydrogen) atoms. The summed E-state index contributed by atoms with van der Waals surface area (Å²) in [4.78, 5) is 31.9. The van der Waals surface area contributed by atoms with Gasteiger partial charge in [-0.15, -0.1) is 7.94 Å². The van der Waals surface area contributed by atoms with E-state index in [0.717, 1.165) is 6.07 Å². The van der Waals surface area contributed by atoms with Crippen molar-refractivity contribution in [1.29, 1.82) is 0 Å². The molecule has 1 rings (SSSR count). The molecule has 0 bridgehead atoms. The van der Waals surface area contributed by atoms with E-state index in [0.29, 0.717) is 0 Å². The molecule has 8 heteroatoms. The van der Waals surface area contributed by atoms with Gasteiger partial charge in [-0.25, -0.2) is 0 Å². The van der Waals surface area contributed by atoms with Crippen molar-refractivity contribution in [3.05, 3.63) is 27.2 Å². The van der Waals surface area contributed by atoms with Crippen LogP contribution >= 0.6 is 42.7 Å². The van der Waals surface area contributed by atoms with Crippen molar-refractivity contribution in [2.75, 3.05) is 0 Å². The summed E-state index contributed by atoms with van der Waals surface area (Å²) < 4.78 is 0. The molecule has 72 valence electrons. The predicted molar refractivity (Wildman–Crippen MR) is 53.8 cm³/mol. The minimum atomic E-state index is -4.91. The molecule has 0 heterocycles. The van der Waals surface area contributed by atoms with Crippen LogP contribution < -0.4 is 20.0 Å². The Morgan fingerprint density at radius 3 is 1.93 bits per heavy atom. The number of rotatable bonds is 1. The van der Waals surface area contributed by atoms with E-state index in [4.69, 9.17) is 34.8 Å². The van der Waals surface area contributed by atoms with Crippen LogP contribution in [0.3, 0.4) is 0 Å². The van der Waals surface area contributed by atoms with Crippen LogP contribution in [0.25, 0.3) is 0 Å².